The van der Waals surface area contributed by atoms with Crippen LogP contribution in [-0.4, -0.2) is 17.2 Å². The zero-order valence-corrected chi connectivity index (χ0v) is 6.42. The molecule has 1 rings (SSSR count). The van der Waals surface area contributed by atoms with Crippen molar-refractivity contribution < 1.29 is 14.4 Å². The molecule has 0 saturated heterocycles. The molecule has 0 saturated carbocycles. The van der Waals surface area contributed by atoms with Crippen LogP contribution in [0.1, 0.15) is 0 Å². The Kier molecular flexibility index (Phi) is 2.54. The van der Waals surface area contributed by atoms with Crippen molar-refractivity contribution in [1.29, 1.82) is 0 Å². The van der Waals surface area contributed by atoms with Gasteiger partial charge in [0.25, 0.3) is 0 Å². The van der Waals surface area contributed by atoms with E-state index in [-0.39, 0.29) is 10.4 Å². The summed E-state index contributed by atoms with van der Waals surface area (Å²) in [7, 11) is -1.63. The first-order valence-electron chi connectivity index (χ1n) is 2.96. The Morgan fingerprint density at radius 1 is 1.36 bits per heavy atom. The molecule has 1 aromatic rings. The molecule has 0 bridgehead atoms. The molecule has 0 unspecified atom stereocenters. The summed E-state index contributed by atoms with van der Waals surface area (Å²) in [5, 5.41) is 17.2. The number of hydrogen-bond donors (Lipinski definition) is 3. The van der Waals surface area contributed by atoms with Gasteiger partial charge in [0, 0.05) is 4.90 Å². The van der Waals surface area contributed by atoms with E-state index in [1.165, 1.54) is 12.1 Å². The van der Waals surface area contributed by atoms with Crippen LogP contribution in [0.4, 0.5) is 4.39 Å². The van der Waals surface area contributed by atoms with E-state index in [0.717, 1.165) is 6.07 Å². The fourth-order valence-corrected chi connectivity index (χ4v) is 0.823. The number of rotatable bonds is 1. The van der Waals surface area contributed by atoms with E-state index < -0.39 is 12.9 Å². The smallest absolute Gasteiger partial charge is 0.423 e. The lowest BCUT2D eigenvalue weighted by Gasteiger charge is -1.99. The van der Waals surface area contributed by atoms with Gasteiger partial charge in [-0.1, -0.05) is 6.07 Å². The van der Waals surface area contributed by atoms with Gasteiger partial charge in [0.15, 0.2) is 0 Å². The highest BCUT2D eigenvalue weighted by Crippen LogP contribution is 2.08. The zero-order valence-electron chi connectivity index (χ0n) is 5.53. The van der Waals surface area contributed by atoms with Crippen molar-refractivity contribution >= 4 is 25.2 Å². The van der Waals surface area contributed by atoms with Gasteiger partial charge in [-0.2, -0.15) is 0 Å². The van der Waals surface area contributed by atoms with E-state index in [4.69, 9.17) is 10.0 Å². The molecule has 2 nitrogen and oxygen atoms in total. The summed E-state index contributed by atoms with van der Waals surface area (Å²) in [4.78, 5) is 0.189. The molecule has 5 heteroatoms. The van der Waals surface area contributed by atoms with Crippen molar-refractivity contribution in [3.8, 4) is 0 Å². The summed E-state index contributed by atoms with van der Waals surface area (Å²) in [5.41, 5.74) is 0.125. The molecule has 0 aliphatic heterocycles. The standard InChI is InChI=1S/C6H6BFO2S/c8-5-3-4(7(9)10)1-2-6(5)11/h1-3,9-11H. The molecule has 0 heterocycles. The van der Waals surface area contributed by atoms with Crippen LogP contribution >= 0.6 is 12.6 Å². The molecule has 58 valence electrons. The number of halogens is 1. The highest BCUT2D eigenvalue weighted by molar-refractivity contribution is 7.80. The minimum atomic E-state index is -1.63. The Morgan fingerprint density at radius 3 is 2.45 bits per heavy atom. The fraction of sp³-hybridized carbons (Fsp3) is 0. The molecule has 2 N–H and O–H groups in total. The molecule has 0 atom stereocenters. The maximum atomic E-state index is 12.6. The molecule has 0 aromatic heterocycles. The second-order valence-corrected chi connectivity index (χ2v) is 2.57. The first-order chi connectivity index (χ1) is 5.11. The van der Waals surface area contributed by atoms with E-state index >= 15 is 0 Å². The van der Waals surface area contributed by atoms with Crippen LogP contribution in [0.3, 0.4) is 0 Å². The van der Waals surface area contributed by atoms with Gasteiger partial charge < -0.3 is 10.0 Å². The molecule has 11 heavy (non-hydrogen) atoms. The largest absolute Gasteiger partial charge is 0.488 e. The highest BCUT2D eigenvalue weighted by Gasteiger charge is 2.11. The summed E-state index contributed by atoms with van der Waals surface area (Å²) in [6, 6.07) is 3.80. The van der Waals surface area contributed by atoms with Gasteiger partial charge in [-0.05, 0) is 17.6 Å². The SMILES string of the molecule is OB(O)c1ccc(S)c(F)c1. The number of hydrogen-bond acceptors (Lipinski definition) is 3. The van der Waals surface area contributed by atoms with Gasteiger partial charge in [-0.3, -0.25) is 0 Å². The minimum Gasteiger partial charge on any atom is -0.423 e. The highest BCUT2D eigenvalue weighted by atomic mass is 32.1. The summed E-state index contributed by atoms with van der Waals surface area (Å²) < 4.78 is 12.6. The van der Waals surface area contributed by atoms with Gasteiger partial charge in [0.1, 0.15) is 5.82 Å². The van der Waals surface area contributed by atoms with E-state index in [9.17, 15) is 4.39 Å². The lowest BCUT2D eigenvalue weighted by atomic mass is 9.80. The molecule has 1 aromatic carbocycles. The van der Waals surface area contributed by atoms with Crippen molar-refractivity contribution in [2.24, 2.45) is 0 Å². The average molecular weight is 172 g/mol. The molecular formula is C6H6BFO2S. The molecule has 0 spiro atoms. The molecule has 0 amide bonds. The monoisotopic (exact) mass is 172 g/mol. The quantitative estimate of drug-likeness (QED) is 0.405. The Morgan fingerprint density at radius 2 is 2.00 bits per heavy atom. The van der Waals surface area contributed by atoms with Crippen molar-refractivity contribution in [3.63, 3.8) is 0 Å². The summed E-state index contributed by atoms with van der Waals surface area (Å²) in [6.45, 7) is 0. The van der Waals surface area contributed by atoms with Gasteiger partial charge in [0.05, 0.1) is 0 Å². The third-order valence-corrected chi connectivity index (χ3v) is 1.63. The summed E-state index contributed by atoms with van der Waals surface area (Å²) in [6.07, 6.45) is 0. The van der Waals surface area contributed by atoms with Crippen molar-refractivity contribution in [3.05, 3.63) is 24.0 Å². The van der Waals surface area contributed by atoms with Crippen LogP contribution in [0.25, 0.3) is 0 Å². The number of thiol groups is 1. The van der Waals surface area contributed by atoms with Crippen LogP contribution in [0, 0.1) is 5.82 Å². The van der Waals surface area contributed by atoms with Crippen LogP contribution in [0.15, 0.2) is 23.1 Å². The third kappa shape index (κ3) is 1.96. The van der Waals surface area contributed by atoms with Crippen LogP contribution in [0.2, 0.25) is 0 Å². The minimum absolute atomic E-state index is 0.125. The molecule has 0 fully saturated rings. The fourth-order valence-electron chi connectivity index (χ4n) is 0.684. The van der Waals surface area contributed by atoms with Gasteiger partial charge in [-0.25, -0.2) is 4.39 Å². The van der Waals surface area contributed by atoms with Crippen molar-refractivity contribution in [2.75, 3.05) is 0 Å². The topological polar surface area (TPSA) is 40.5 Å². The Labute approximate surface area is 69.2 Å². The van der Waals surface area contributed by atoms with Crippen molar-refractivity contribution in [2.45, 2.75) is 4.90 Å². The first-order valence-corrected chi connectivity index (χ1v) is 3.40. The van der Waals surface area contributed by atoms with Crippen LogP contribution in [-0.2, 0) is 0 Å². The Bertz CT molecular complexity index is 267. The van der Waals surface area contributed by atoms with Crippen molar-refractivity contribution in [1.82, 2.24) is 0 Å². The Balaban J connectivity index is 3.05. The van der Waals surface area contributed by atoms with E-state index in [1.54, 1.807) is 0 Å². The van der Waals surface area contributed by atoms with E-state index in [2.05, 4.69) is 12.6 Å². The van der Waals surface area contributed by atoms with E-state index in [0.29, 0.717) is 0 Å². The van der Waals surface area contributed by atoms with Gasteiger partial charge >= 0.3 is 7.12 Å². The lowest BCUT2D eigenvalue weighted by Crippen LogP contribution is -2.29. The van der Waals surface area contributed by atoms with Gasteiger partial charge in [0.2, 0.25) is 0 Å². The third-order valence-electron chi connectivity index (χ3n) is 1.27. The molecule has 0 aliphatic rings. The van der Waals surface area contributed by atoms with Crippen LogP contribution in [0.5, 0.6) is 0 Å². The second kappa shape index (κ2) is 3.25. The second-order valence-electron chi connectivity index (χ2n) is 2.08. The lowest BCUT2D eigenvalue weighted by molar-refractivity contribution is 0.425. The molecule has 0 aliphatic carbocycles. The predicted octanol–water partition coefficient (Wildman–Crippen LogP) is -0.206. The molecular weight excluding hydrogens is 166 g/mol. The van der Waals surface area contributed by atoms with Crippen LogP contribution < -0.4 is 5.46 Å². The normalized spacial score (nSPS) is 9.82. The first kappa shape index (κ1) is 8.58. The predicted molar refractivity (Wildman–Crippen MR) is 43.5 cm³/mol. The summed E-state index contributed by atoms with van der Waals surface area (Å²) >= 11 is 3.78. The molecule has 0 radical (unpaired) electrons. The Hall–Kier alpha value is -0.515. The maximum absolute atomic E-state index is 12.6. The van der Waals surface area contributed by atoms with E-state index in [1.807, 2.05) is 0 Å². The zero-order chi connectivity index (χ0) is 8.43. The summed E-state index contributed by atoms with van der Waals surface area (Å²) in [5.74, 6) is -0.557. The maximum Gasteiger partial charge on any atom is 0.488 e. The average Bonchev–Trinajstić information content (AvgIpc) is 1.94. The number of benzene rings is 1. The van der Waals surface area contributed by atoms with Gasteiger partial charge in [-0.15, -0.1) is 12.6 Å².